The largest absolute Gasteiger partial charge is 0.461 e. The Morgan fingerprint density at radius 1 is 0.860 bits per heavy atom. The highest BCUT2D eigenvalue weighted by atomic mass is 28.4. The number of aromatic nitrogens is 1. The Morgan fingerprint density at radius 2 is 1.44 bits per heavy atom. The first-order valence-corrected chi connectivity index (χ1v) is 23.3. The van der Waals surface area contributed by atoms with Crippen molar-refractivity contribution in [2.24, 2.45) is 0 Å². The normalized spacial score (nSPS) is 19.0. The van der Waals surface area contributed by atoms with Crippen molar-refractivity contribution in [3.8, 4) is 0 Å². The van der Waals surface area contributed by atoms with Crippen LogP contribution < -0.4 is 5.73 Å². The van der Waals surface area contributed by atoms with Gasteiger partial charge in [0.15, 0.2) is 22.3 Å². The van der Waals surface area contributed by atoms with E-state index in [0.717, 1.165) is 10.1 Å². The summed E-state index contributed by atoms with van der Waals surface area (Å²) in [7, 11) is -4.69. The first-order chi connectivity index (χ1) is 22.8. The molecule has 2 aromatic rings. The number of likely N-dealkylation sites (tertiary alicyclic amines) is 1. The van der Waals surface area contributed by atoms with Gasteiger partial charge in [-0.15, -0.1) is 0 Å². The third-order valence-electron chi connectivity index (χ3n) is 10.1. The molecule has 3 atom stereocenters. The molecule has 1 amide bonds. The topological polar surface area (TPSA) is 132 Å². The van der Waals surface area contributed by atoms with E-state index in [2.05, 4.69) is 67.7 Å². The average Bonchev–Trinajstić information content (AvgIpc) is 3.50. The van der Waals surface area contributed by atoms with Crippen LogP contribution in [0, 0.1) is 0 Å². The molecular weight excluding hydrogens is 671 g/mol. The number of anilines is 1. The molecule has 50 heavy (non-hydrogen) atoms. The van der Waals surface area contributed by atoms with E-state index in [0.29, 0.717) is 12.0 Å². The maximum absolute atomic E-state index is 14.3. The van der Waals surface area contributed by atoms with E-state index in [4.69, 9.17) is 28.8 Å². The molecule has 1 aromatic heterocycles. The number of carbonyl (C=O) groups excluding carboxylic acids is 3. The van der Waals surface area contributed by atoms with Crippen LogP contribution in [0.25, 0.3) is 0 Å². The number of nitrogens with zero attached hydrogens (tertiary/aromatic N) is 2. The van der Waals surface area contributed by atoms with E-state index in [1.54, 1.807) is 11.8 Å². The minimum Gasteiger partial charge on any atom is -0.461 e. The van der Waals surface area contributed by atoms with Crippen molar-refractivity contribution in [1.29, 1.82) is 0 Å². The number of amides is 1. The maximum atomic E-state index is 14.3. The lowest BCUT2D eigenvalue weighted by atomic mass is 10.0. The number of nitrogen functional groups attached to an aromatic ring is 1. The van der Waals surface area contributed by atoms with Crippen LogP contribution >= 0.6 is 0 Å². The Balaban J connectivity index is 2.23. The summed E-state index contributed by atoms with van der Waals surface area (Å²) in [6.07, 6.45) is -0.00994. The van der Waals surface area contributed by atoms with Gasteiger partial charge in [-0.2, -0.15) is 0 Å². The number of hydrogen-bond donors (Lipinski definition) is 1. The molecular formula is C37H61N3O8Si2. The molecule has 1 saturated heterocycles. The zero-order chi connectivity index (χ0) is 38.0. The molecule has 13 heteroatoms. The van der Waals surface area contributed by atoms with Crippen LogP contribution in [0.1, 0.15) is 103 Å². The fraction of sp³-hybridized carbons (Fsp3) is 0.649. The third kappa shape index (κ3) is 9.59. The zero-order valence-corrected chi connectivity index (χ0v) is 34.8. The zero-order valence-electron chi connectivity index (χ0n) is 32.8. The first-order valence-electron chi connectivity index (χ1n) is 17.5. The van der Waals surface area contributed by atoms with Gasteiger partial charge in [-0.05, 0) is 75.9 Å². The minimum absolute atomic E-state index is 0.00784. The van der Waals surface area contributed by atoms with Crippen LogP contribution in [0.5, 0.6) is 0 Å². The van der Waals surface area contributed by atoms with Crippen molar-refractivity contribution in [2.75, 3.05) is 18.9 Å². The second-order valence-corrected chi connectivity index (χ2v) is 26.8. The summed E-state index contributed by atoms with van der Waals surface area (Å²) >= 11 is 0. The van der Waals surface area contributed by atoms with Crippen molar-refractivity contribution in [3.63, 3.8) is 0 Å². The number of esters is 1. The van der Waals surface area contributed by atoms with Gasteiger partial charge in [-0.25, -0.2) is 19.0 Å². The Hall–Kier alpha value is -3.14. The van der Waals surface area contributed by atoms with Crippen molar-refractivity contribution in [1.82, 2.24) is 9.47 Å². The summed E-state index contributed by atoms with van der Waals surface area (Å²) in [5, 5.41) is -0.214. The molecule has 0 saturated carbocycles. The second-order valence-electron chi connectivity index (χ2n) is 17.2. The number of rotatable bonds is 10. The van der Waals surface area contributed by atoms with Gasteiger partial charge in [0, 0.05) is 11.8 Å². The molecule has 1 fully saturated rings. The summed E-state index contributed by atoms with van der Waals surface area (Å²) in [5.41, 5.74) is 7.01. The van der Waals surface area contributed by atoms with E-state index in [1.807, 2.05) is 51.1 Å². The van der Waals surface area contributed by atoms with Gasteiger partial charge in [-0.3, -0.25) is 4.90 Å². The highest BCUT2D eigenvalue weighted by Gasteiger charge is 2.52. The molecule has 0 aliphatic carbocycles. The van der Waals surface area contributed by atoms with Crippen molar-refractivity contribution >= 4 is 40.5 Å². The molecule has 0 radical (unpaired) electrons. The molecule has 280 valence electrons. The van der Waals surface area contributed by atoms with Crippen LogP contribution in [0.3, 0.4) is 0 Å². The standard InChI is InChI=1S/C37H61N3O8Si2/c1-15-44-32(41)31-29(38)27(22-39(31)33(42)45-23-25-19-17-16-18-20-25)30-28(48-50(13,14)37(8,9)10)21-26(24-46-49(11,12)36(5,6)7)40(30)34(43)47-35(2,3)4/h16-20,22,26,28,30H,15,21,23-24,38H2,1-14H3/t26-,28+,30-/m0/s1. The SMILES string of the molecule is CCOC(=O)c1c(N)c([C@H]2[C@H](O[Si](C)(C)C(C)(C)C)C[C@@H](CO[Si](C)(C)C(C)(C)C)N2C(=O)OC(C)(C)C)cn1C(=O)OCc1ccccc1. The lowest BCUT2D eigenvalue weighted by Gasteiger charge is -2.40. The molecule has 0 bridgehead atoms. The number of nitrogens with two attached hydrogens (primary N) is 1. The predicted octanol–water partition coefficient (Wildman–Crippen LogP) is 8.89. The summed E-state index contributed by atoms with van der Waals surface area (Å²) in [4.78, 5) is 43.1. The third-order valence-corrected chi connectivity index (χ3v) is 19.1. The smallest absolute Gasteiger partial charge is 0.419 e. The monoisotopic (exact) mass is 731 g/mol. The average molecular weight is 732 g/mol. The summed E-state index contributed by atoms with van der Waals surface area (Å²) < 4.78 is 31.9. The Bertz CT molecular complexity index is 1500. The Kier molecular flexibility index (Phi) is 12.6. The van der Waals surface area contributed by atoms with Crippen LogP contribution in [0.15, 0.2) is 36.5 Å². The predicted molar refractivity (Wildman–Crippen MR) is 201 cm³/mol. The van der Waals surface area contributed by atoms with Crippen molar-refractivity contribution < 1.29 is 37.4 Å². The highest BCUT2D eigenvalue weighted by Crippen LogP contribution is 2.48. The lowest BCUT2D eigenvalue weighted by Crippen LogP contribution is -2.48. The molecule has 3 rings (SSSR count). The van der Waals surface area contributed by atoms with Crippen molar-refractivity contribution in [3.05, 3.63) is 53.3 Å². The van der Waals surface area contributed by atoms with E-state index in [1.165, 1.54) is 6.20 Å². The van der Waals surface area contributed by atoms with Gasteiger partial charge < -0.3 is 28.8 Å². The first kappa shape index (κ1) is 41.3. The molecule has 0 spiro atoms. The molecule has 1 aliphatic rings. The van der Waals surface area contributed by atoms with Crippen LogP contribution in [-0.2, 0) is 29.7 Å². The van der Waals surface area contributed by atoms with Gasteiger partial charge in [0.25, 0.3) is 0 Å². The fourth-order valence-electron chi connectivity index (χ4n) is 5.30. The fourth-order valence-corrected chi connectivity index (χ4v) is 7.67. The molecule has 1 aliphatic heterocycles. The van der Waals surface area contributed by atoms with Crippen molar-refractivity contribution in [2.45, 2.75) is 142 Å². The summed E-state index contributed by atoms with van der Waals surface area (Å²) in [6, 6.07) is 7.97. The van der Waals surface area contributed by atoms with Crippen LogP contribution in [0.2, 0.25) is 36.3 Å². The van der Waals surface area contributed by atoms with E-state index < -0.39 is 58.6 Å². The van der Waals surface area contributed by atoms with Crippen LogP contribution in [-0.4, -0.2) is 75.2 Å². The molecule has 11 nitrogen and oxygen atoms in total. The Labute approximate surface area is 301 Å². The molecule has 0 unspecified atom stereocenters. The van der Waals surface area contributed by atoms with Gasteiger partial charge in [0.2, 0.25) is 0 Å². The van der Waals surface area contributed by atoms with Gasteiger partial charge in [0.1, 0.15) is 12.2 Å². The molecule has 1 aromatic carbocycles. The highest BCUT2D eigenvalue weighted by molar-refractivity contribution is 6.74. The van der Waals surface area contributed by atoms with Crippen LogP contribution in [0.4, 0.5) is 15.3 Å². The maximum Gasteiger partial charge on any atom is 0.419 e. The summed E-state index contributed by atoms with van der Waals surface area (Å²) in [6.45, 7) is 29.0. The number of benzene rings is 1. The number of carbonyl (C=O) groups is 3. The van der Waals surface area contributed by atoms with Gasteiger partial charge in [0.05, 0.1) is 37.1 Å². The summed E-state index contributed by atoms with van der Waals surface area (Å²) in [5.74, 6) is -0.783. The molecule has 2 N–H and O–H groups in total. The minimum atomic E-state index is -2.45. The number of ether oxygens (including phenoxy) is 3. The van der Waals surface area contributed by atoms with E-state index in [9.17, 15) is 14.4 Å². The van der Waals surface area contributed by atoms with Gasteiger partial charge >= 0.3 is 18.2 Å². The second kappa shape index (κ2) is 15.2. The van der Waals surface area contributed by atoms with E-state index in [-0.39, 0.29) is 41.3 Å². The Morgan fingerprint density at radius 3 is 1.96 bits per heavy atom. The number of hydrogen-bond acceptors (Lipinski definition) is 9. The molecule has 2 heterocycles. The van der Waals surface area contributed by atoms with Gasteiger partial charge in [-0.1, -0.05) is 71.9 Å². The quantitative estimate of drug-likeness (QED) is 0.145. The van der Waals surface area contributed by atoms with E-state index >= 15 is 0 Å². The lowest BCUT2D eigenvalue weighted by molar-refractivity contribution is 0.00479.